The molecule has 0 fully saturated rings. The lowest BCUT2D eigenvalue weighted by Gasteiger charge is -2.10. The summed E-state index contributed by atoms with van der Waals surface area (Å²) in [6.07, 6.45) is -4.39. The molecule has 0 atom stereocenters. The summed E-state index contributed by atoms with van der Waals surface area (Å²) in [4.78, 5) is 3.76. The summed E-state index contributed by atoms with van der Waals surface area (Å²) >= 11 is 4.47. The van der Waals surface area contributed by atoms with Crippen LogP contribution in [0.1, 0.15) is 5.56 Å². The Morgan fingerprint density at radius 3 is 2.30 bits per heavy atom. The van der Waals surface area contributed by atoms with Crippen LogP contribution in [0.25, 0.3) is 0 Å². The SMILES string of the molecule is FC(F)(F)c1cccc(Oc2ccc(N=C=S)cc2)c1. The molecule has 0 aliphatic carbocycles. The van der Waals surface area contributed by atoms with Crippen LogP contribution >= 0.6 is 12.2 Å². The maximum absolute atomic E-state index is 12.6. The fraction of sp³-hybridized carbons (Fsp3) is 0.0714. The Kier molecular flexibility index (Phi) is 4.17. The van der Waals surface area contributed by atoms with Crippen molar-refractivity contribution in [1.82, 2.24) is 0 Å². The van der Waals surface area contributed by atoms with E-state index in [2.05, 4.69) is 22.4 Å². The summed E-state index contributed by atoms with van der Waals surface area (Å²) in [7, 11) is 0. The molecule has 0 saturated heterocycles. The molecule has 0 aliphatic rings. The van der Waals surface area contributed by atoms with Crippen LogP contribution in [0.3, 0.4) is 0 Å². The van der Waals surface area contributed by atoms with E-state index in [1.807, 2.05) is 0 Å². The number of halogens is 3. The standard InChI is InChI=1S/C14H8F3NOS/c15-14(16,17)10-2-1-3-13(8-10)19-12-6-4-11(5-7-12)18-9-20/h1-8H. The van der Waals surface area contributed by atoms with Crippen LogP contribution in [0.5, 0.6) is 11.5 Å². The van der Waals surface area contributed by atoms with Crippen molar-refractivity contribution in [2.45, 2.75) is 6.18 Å². The molecule has 0 unspecified atom stereocenters. The van der Waals surface area contributed by atoms with E-state index in [1.165, 1.54) is 12.1 Å². The number of nitrogens with zero attached hydrogens (tertiary/aromatic N) is 1. The molecule has 0 heterocycles. The van der Waals surface area contributed by atoms with Crippen LogP contribution in [0, 0.1) is 0 Å². The van der Waals surface area contributed by atoms with Crippen molar-refractivity contribution < 1.29 is 17.9 Å². The van der Waals surface area contributed by atoms with E-state index in [1.54, 1.807) is 24.3 Å². The maximum atomic E-state index is 12.6. The molecule has 102 valence electrons. The van der Waals surface area contributed by atoms with Gasteiger partial charge in [-0.15, -0.1) is 0 Å². The molecular weight excluding hydrogens is 287 g/mol. The number of hydrogen-bond acceptors (Lipinski definition) is 3. The van der Waals surface area contributed by atoms with Crippen molar-refractivity contribution in [2.75, 3.05) is 0 Å². The fourth-order valence-corrected chi connectivity index (χ4v) is 1.62. The van der Waals surface area contributed by atoms with Gasteiger partial charge in [0.05, 0.1) is 16.4 Å². The molecular formula is C14H8F3NOS. The summed E-state index contributed by atoms with van der Waals surface area (Å²) in [5.74, 6) is 0.526. The minimum absolute atomic E-state index is 0.117. The second-order valence-electron chi connectivity index (χ2n) is 3.82. The highest BCUT2D eigenvalue weighted by Crippen LogP contribution is 2.32. The monoisotopic (exact) mass is 295 g/mol. The number of alkyl halides is 3. The van der Waals surface area contributed by atoms with Crippen LogP contribution < -0.4 is 4.74 Å². The van der Waals surface area contributed by atoms with Gasteiger partial charge >= 0.3 is 6.18 Å². The zero-order valence-corrected chi connectivity index (χ0v) is 10.8. The lowest BCUT2D eigenvalue weighted by atomic mass is 10.2. The van der Waals surface area contributed by atoms with Crippen molar-refractivity contribution >= 4 is 23.1 Å². The molecule has 0 saturated carbocycles. The van der Waals surface area contributed by atoms with Gasteiger partial charge in [-0.05, 0) is 54.7 Å². The molecule has 2 aromatic rings. The largest absolute Gasteiger partial charge is 0.457 e. The summed E-state index contributed by atoms with van der Waals surface area (Å²) in [6.45, 7) is 0. The van der Waals surface area contributed by atoms with E-state index in [-0.39, 0.29) is 5.75 Å². The van der Waals surface area contributed by atoms with Gasteiger partial charge in [0.25, 0.3) is 0 Å². The molecule has 2 nitrogen and oxygen atoms in total. The van der Waals surface area contributed by atoms with Crippen molar-refractivity contribution in [1.29, 1.82) is 0 Å². The van der Waals surface area contributed by atoms with Crippen molar-refractivity contribution in [3.05, 3.63) is 54.1 Å². The van der Waals surface area contributed by atoms with Crippen molar-refractivity contribution in [3.63, 3.8) is 0 Å². The van der Waals surface area contributed by atoms with Gasteiger partial charge in [0, 0.05) is 0 Å². The summed E-state index contributed by atoms with van der Waals surface area (Å²) < 4.78 is 43.0. The average molecular weight is 295 g/mol. The van der Waals surface area contributed by atoms with Gasteiger partial charge in [0.1, 0.15) is 11.5 Å². The third kappa shape index (κ3) is 3.66. The normalized spacial score (nSPS) is 10.8. The highest BCUT2D eigenvalue weighted by atomic mass is 32.1. The fourth-order valence-electron chi connectivity index (χ4n) is 1.51. The van der Waals surface area contributed by atoms with Gasteiger partial charge in [0.2, 0.25) is 0 Å². The van der Waals surface area contributed by atoms with Crippen LogP contribution in [0.2, 0.25) is 0 Å². The van der Waals surface area contributed by atoms with E-state index in [0.717, 1.165) is 12.1 Å². The summed E-state index contributed by atoms with van der Waals surface area (Å²) in [6, 6.07) is 11.1. The second kappa shape index (κ2) is 5.86. The van der Waals surface area contributed by atoms with Gasteiger partial charge in [-0.25, -0.2) is 0 Å². The molecule has 0 N–H and O–H groups in total. The first-order valence-electron chi connectivity index (χ1n) is 5.52. The Morgan fingerprint density at radius 2 is 1.70 bits per heavy atom. The Morgan fingerprint density at radius 1 is 1.00 bits per heavy atom. The first kappa shape index (κ1) is 14.2. The van der Waals surface area contributed by atoms with Crippen LogP contribution in [-0.2, 0) is 6.18 Å². The molecule has 0 radical (unpaired) electrons. The third-order valence-corrected chi connectivity index (χ3v) is 2.50. The van der Waals surface area contributed by atoms with Gasteiger partial charge in [-0.2, -0.15) is 18.2 Å². The third-order valence-electron chi connectivity index (χ3n) is 2.41. The van der Waals surface area contributed by atoms with Crippen LogP contribution in [-0.4, -0.2) is 5.16 Å². The Labute approximate surface area is 118 Å². The number of hydrogen-bond donors (Lipinski definition) is 0. The number of rotatable bonds is 3. The van der Waals surface area contributed by atoms with Gasteiger partial charge in [-0.3, -0.25) is 0 Å². The molecule has 2 aromatic carbocycles. The summed E-state index contributed by atoms with van der Waals surface area (Å²) in [5.41, 5.74) is -0.159. The van der Waals surface area contributed by atoms with Gasteiger partial charge in [-0.1, -0.05) is 6.07 Å². The minimum atomic E-state index is -4.39. The highest BCUT2D eigenvalue weighted by Gasteiger charge is 2.30. The second-order valence-corrected chi connectivity index (χ2v) is 4.01. The Bertz CT molecular complexity index is 646. The predicted octanol–water partition coefficient (Wildman–Crippen LogP) is 5.23. The number of thiocarbonyl (C=S) groups is 1. The van der Waals surface area contributed by atoms with E-state index in [4.69, 9.17) is 4.74 Å². The smallest absolute Gasteiger partial charge is 0.416 e. The van der Waals surface area contributed by atoms with E-state index >= 15 is 0 Å². The van der Waals surface area contributed by atoms with E-state index in [9.17, 15) is 13.2 Å². The first-order chi connectivity index (χ1) is 9.49. The van der Waals surface area contributed by atoms with E-state index < -0.39 is 11.7 Å². The van der Waals surface area contributed by atoms with Crippen molar-refractivity contribution in [2.24, 2.45) is 4.99 Å². The first-order valence-corrected chi connectivity index (χ1v) is 5.93. The molecule has 0 bridgehead atoms. The zero-order chi connectivity index (χ0) is 14.6. The molecule has 2 rings (SSSR count). The number of benzene rings is 2. The minimum Gasteiger partial charge on any atom is -0.457 e. The molecule has 20 heavy (non-hydrogen) atoms. The highest BCUT2D eigenvalue weighted by molar-refractivity contribution is 7.78. The van der Waals surface area contributed by atoms with Crippen molar-refractivity contribution in [3.8, 4) is 11.5 Å². The molecule has 0 aromatic heterocycles. The Balaban J connectivity index is 2.19. The number of ether oxygens (including phenoxy) is 1. The molecule has 0 spiro atoms. The lowest BCUT2D eigenvalue weighted by molar-refractivity contribution is -0.137. The van der Waals surface area contributed by atoms with E-state index in [0.29, 0.717) is 11.4 Å². The topological polar surface area (TPSA) is 21.6 Å². The number of aliphatic imine (C=N–C) groups is 1. The zero-order valence-electron chi connectivity index (χ0n) is 10.0. The molecule has 6 heteroatoms. The van der Waals surface area contributed by atoms with Crippen LogP contribution in [0.15, 0.2) is 53.5 Å². The van der Waals surface area contributed by atoms with Gasteiger partial charge < -0.3 is 4.74 Å². The lowest BCUT2D eigenvalue weighted by Crippen LogP contribution is -2.04. The summed E-state index contributed by atoms with van der Waals surface area (Å²) in [5, 5.41) is 2.22. The average Bonchev–Trinajstić information content (AvgIpc) is 2.41. The number of isothiocyanates is 1. The predicted molar refractivity (Wildman–Crippen MR) is 72.6 cm³/mol. The molecule has 0 aliphatic heterocycles. The Hall–Kier alpha value is -2.17. The molecule has 0 amide bonds. The quantitative estimate of drug-likeness (QED) is 0.571. The van der Waals surface area contributed by atoms with Crippen LogP contribution in [0.4, 0.5) is 18.9 Å². The van der Waals surface area contributed by atoms with Gasteiger partial charge in [0.15, 0.2) is 0 Å². The maximum Gasteiger partial charge on any atom is 0.416 e.